The summed E-state index contributed by atoms with van der Waals surface area (Å²) < 4.78 is 26.5. The molecule has 0 heterocycles. The SMILES string of the molecule is CC(C)(CO)c1c(O)c(Cl)cc(F)c1F. The van der Waals surface area contributed by atoms with Gasteiger partial charge in [0.15, 0.2) is 11.6 Å². The Hall–Kier alpha value is -0.870. The quantitative estimate of drug-likeness (QED) is 0.775. The van der Waals surface area contributed by atoms with Crippen molar-refractivity contribution in [3.8, 4) is 5.75 Å². The van der Waals surface area contributed by atoms with E-state index >= 15 is 0 Å². The van der Waals surface area contributed by atoms with Crippen LogP contribution in [0.15, 0.2) is 6.07 Å². The molecular weight excluding hydrogens is 226 g/mol. The van der Waals surface area contributed by atoms with Crippen LogP contribution in [0, 0.1) is 11.6 Å². The average Bonchev–Trinajstić information content (AvgIpc) is 2.15. The van der Waals surface area contributed by atoms with E-state index in [4.69, 9.17) is 16.7 Å². The third-order valence-electron chi connectivity index (χ3n) is 2.22. The molecule has 5 heteroatoms. The molecule has 1 aromatic rings. The van der Waals surface area contributed by atoms with Crippen molar-refractivity contribution in [1.29, 1.82) is 0 Å². The Labute approximate surface area is 91.1 Å². The molecule has 0 aliphatic rings. The molecule has 2 N–H and O–H groups in total. The lowest BCUT2D eigenvalue weighted by Gasteiger charge is -2.24. The van der Waals surface area contributed by atoms with Gasteiger partial charge in [-0.05, 0) is 6.07 Å². The minimum Gasteiger partial charge on any atom is -0.506 e. The minimum absolute atomic E-state index is 0.273. The largest absolute Gasteiger partial charge is 0.506 e. The Balaban J connectivity index is 3.53. The van der Waals surface area contributed by atoms with E-state index in [1.807, 2.05) is 0 Å². The highest BCUT2D eigenvalue weighted by Gasteiger charge is 2.30. The van der Waals surface area contributed by atoms with Gasteiger partial charge in [0.1, 0.15) is 5.75 Å². The van der Waals surface area contributed by atoms with Gasteiger partial charge >= 0.3 is 0 Å². The summed E-state index contributed by atoms with van der Waals surface area (Å²) in [5, 5.41) is 18.3. The summed E-state index contributed by atoms with van der Waals surface area (Å²) in [6.07, 6.45) is 0. The first-order valence-corrected chi connectivity index (χ1v) is 4.67. The number of phenolic OH excluding ortho intramolecular Hbond substituents is 1. The van der Waals surface area contributed by atoms with Gasteiger partial charge in [-0.3, -0.25) is 0 Å². The van der Waals surface area contributed by atoms with E-state index in [0.717, 1.165) is 0 Å². The molecule has 0 amide bonds. The molecule has 15 heavy (non-hydrogen) atoms. The van der Waals surface area contributed by atoms with Crippen LogP contribution in [-0.2, 0) is 5.41 Å². The smallest absolute Gasteiger partial charge is 0.166 e. The topological polar surface area (TPSA) is 40.5 Å². The molecule has 0 fully saturated rings. The monoisotopic (exact) mass is 236 g/mol. The van der Waals surface area contributed by atoms with E-state index in [1.54, 1.807) is 0 Å². The summed E-state index contributed by atoms with van der Waals surface area (Å²) in [4.78, 5) is 0. The molecule has 2 nitrogen and oxygen atoms in total. The van der Waals surface area contributed by atoms with Gasteiger partial charge in [-0.15, -0.1) is 0 Å². The molecule has 0 saturated heterocycles. The third kappa shape index (κ3) is 2.06. The fourth-order valence-electron chi connectivity index (χ4n) is 1.28. The highest BCUT2D eigenvalue weighted by Crippen LogP contribution is 2.38. The molecule has 0 aromatic heterocycles. The Morgan fingerprint density at radius 3 is 2.40 bits per heavy atom. The predicted octanol–water partition coefficient (Wildman–Crippen LogP) is 2.59. The van der Waals surface area contributed by atoms with Crippen molar-refractivity contribution in [3.63, 3.8) is 0 Å². The zero-order valence-corrected chi connectivity index (χ0v) is 9.07. The third-order valence-corrected chi connectivity index (χ3v) is 2.51. The van der Waals surface area contributed by atoms with Gasteiger partial charge in [-0.1, -0.05) is 25.4 Å². The van der Waals surface area contributed by atoms with Crippen LogP contribution in [0.2, 0.25) is 5.02 Å². The van der Waals surface area contributed by atoms with Crippen LogP contribution in [0.4, 0.5) is 8.78 Å². The Morgan fingerprint density at radius 1 is 1.40 bits per heavy atom. The van der Waals surface area contributed by atoms with Crippen LogP contribution in [-0.4, -0.2) is 16.8 Å². The van der Waals surface area contributed by atoms with Gasteiger partial charge in [0.05, 0.1) is 11.6 Å². The van der Waals surface area contributed by atoms with Gasteiger partial charge in [-0.25, -0.2) is 8.78 Å². The van der Waals surface area contributed by atoms with Crippen molar-refractivity contribution >= 4 is 11.6 Å². The second-order valence-electron chi connectivity index (χ2n) is 3.92. The van der Waals surface area contributed by atoms with Gasteiger partial charge < -0.3 is 10.2 Å². The van der Waals surface area contributed by atoms with E-state index in [0.29, 0.717) is 6.07 Å². The number of aliphatic hydroxyl groups is 1. The number of hydrogen-bond donors (Lipinski definition) is 2. The second-order valence-corrected chi connectivity index (χ2v) is 4.33. The summed E-state index contributed by atoms with van der Waals surface area (Å²) in [6.45, 7) is 2.51. The molecule has 0 aliphatic carbocycles. The zero-order chi connectivity index (χ0) is 11.8. The van der Waals surface area contributed by atoms with Crippen molar-refractivity contribution in [2.24, 2.45) is 0 Å². The maximum atomic E-state index is 13.4. The minimum atomic E-state index is -1.18. The summed E-state index contributed by atoms with van der Waals surface area (Å²) in [5.74, 6) is -2.86. The summed E-state index contributed by atoms with van der Waals surface area (Å²) in [5.41, 5.74) is -1.41. The van der Waals surface area contributed by atoms with E-state index in [9.17, 15) is 13.9 Å². The summed E-state index contributed by atoms with van der Waals surface area (Å²) in [7, 11) is 0. The van der Waals surface area contributed by atoms with Crippen molar-refractivity contribution in [2.45, 2.75) is 19.3 Å². The molecule has 1 rings (SSSR count). The van der Waals surface area contributed by atoms with Crippen molar-refractivity contribution < 1.29 is 19.0 Å². The molecule has 1 aromatic carbocycles. The van der Waals surface area contributed by atoms with Gasteiger partial charge in [0, 0.05) is 11.0 Å². The standard InChI is InChI=1S/C10H11ClF2O2/c1-10(2,4-14)7-8(13)6(12)3-5(11)9(7)15/h3,14-15H,4H2,1-2H3. The van der Waals surface area contributed by atoms with Crippen molar-refractivity contribution in [3.05, 3.63) is 28.3 Å². The molecular formula is C10H11ClF2O2. The van der Waals surface area contributed by atoms with Crippen molar-refractivity contribution in [1.82, 2.24) is 0 Å². The Bertz CT molecular complexity index is 365. The molecule has 0 saturated carbocycles. The molecule has 0 bridgehead atoms. The Morgan fingerprint density at radius 2 is 1.93 bits per heavy atom. The van der Waals surface area contributed by atoms with E-state index in [2.05, 4.69) is 0 Å². The number of hydrogen-bond acceptors (Lipinski definition) is 2. The Kier molecular flexibility index (Phi) is 3.21. The summed E-state index contributed by atoms with van der Waals surface area (Å²) in [6, 6.07) is 0.698. The van der Waals surface area contributed by atoms with Crippen LogP contribution < -0.4 is 0 Å². The number of phenols is 1. The van der Waals surface area contributed by atoms with Gasteiger partial charge in [0.2, 0.25) is 0 Å². The van der Waals surface area contributed by atoms with Crippen LogP contribution in [0.5, 0.6) is 5.75 Å². The lowest BCUT2D eigenvalue weighted by molar-refractivity contribution is 0.210. The van der Waals surface area contributed by atoms with Crippen LogP contribution in [0.3, 0.4) is 0 Å². The fourth-order valence-corrected chi connectivity index (χ4v) is 1.47. The van der Waals surface area contributed by atoms with E-state index < -0.39 is 29.4 Å². The van der Waals surface area contributed by atoms with Gasteiger partial charge in [-0.2, -0.15) is 0 Å². The molecule has 84 valence electrons. The fraction of sp³-hybridized carbons (Fsp3) is 0.400. The van der Waals surface area contributed by atoms with Gasteiger partial charge in [0.25, 0.3) is 0 Å². The van der Waals surface area contributed by atoms with E-state index in [-0.39, 0.29) is 10.6 Å². The maximum Gasteiger partial charge on any atom is 0.166 e. The lowest BCUT2D eigenvalue weighted by atomic mass is 9.84. The first-order valence-electron chi connectivity index (χ1n) is 4.29. The highest BCUT2D eigenvalue weighted by molar-refractivity contribution is 6.32. The number of halogens is 3. The molecule has 0 atom stereocenters. The van der Waals surface area contributed by atoms with E-state index in [1.165, 1.54) is 13.8 Å². The first kappa shape index (κ1) is 12.2. The molecule has 0 spiro atoms. The number of aromatic hydroxyl groups is 1. The maximum absolute atomic E-state index is 13.4. The lowest BCUT2D eigenvalue weighted by Crippen LogP contribution is -2.24. The van der Waals surface area contributed by atoms with Crippen molar-refractivity contribution in [2.75, 3.05) is 6.61 Å². The summed E-state index contributed by atoms with van der Waals surface area (Å²) >= 11 is 5.52. The average molecular weight is 237 g/mol. The molecule has 0 aliphatic heterocycles. The number of rotatable bonds is 2. The molecule has 0 unspecified atom stereocenters. The first-order chi connectivity index (χ1) is 6.81. The van der Waals surface area contributed by atoms with Crippen LogP contribution in [0.25, 0.3) is 0 Å². The molecule has 0 radical (unpaired) electrons. The second kappa shape index (κ2) is 3.94. The predicted molar refractivity (Wildman–Crippen MR) is 53.1 cm³/mol. The normalized spacial score (nSPS) is 11.9. The number of aliphatic hydroxyl groups excluding tert-OH is 1. The number of benzene rings is 1. The van der Waals surface area contributed by atoms with Crippen LogP contribution >= 0.6 is 11.6 Å². The highest BCUT2D eigenvalue weighted by atomic mass is 35.5. The zero-order valence-electron chi connectivity index (χ0n) is 8.31. The van der Waals surface area contributed by atoms with Crippen LogP contribution in [0.1, 0.15) is 19.4 Å².